The number of hydrogen-bond donors (Lipinski definition) is 1. The van der Waals surface area contributed by atoms with Crippen LogP contribution in [0.1, 0.15) is 5.56 Å². The lowest BCUT2D eigenvalue weighted by atomic mass is 10.1. The molecule has 0 spiro atoms. The summed E-state index contributed by atoms with van der Waals surface area (Å²) < 4.78 is 28.2. The summed E-state index contributed by atoms with van der Waals surface area (Å²) in [5.41, 5.74) is 0.488. The second-order valence-corrected chi connectivity index (χ2v) is 6.13. The molecule has 1 N–H and O–H groups in total. The third-order valence-corrected chi connectivity index (χ3v) is 4.08. The van der Waals surface area contributed by atoms with Crippen molar-refractivity contribution in [2.24, 2.45) is 0 Å². The minimum atomic E-state index is -0.754. The van der Waals surface area contributed by atoms with Crippen molar-refractivity contribution in [3.05, 3.63) is 87.2 Å². The van der Waals surface area contributed by atoms with Gasteiger partial charge >= 0.3 is 0 Å². The fourth-order valence-corrected chi connectivity index (χ4v) is 2.54. The summed E-state index contributed by atoms with van der Waals surface area (Å²) in [6, 6.07) is 13.1. The first-order valence-corrected chi connectivity index (χ1v) is 8.35. The van der Waals surface area contributed by atoms with Crippen LogP contribution in [0.2, 0.25) is 5.02 Å². The van der Waals surface area contributed by atoms with Gasteiger partial charge in [0.2, 0.25) is 5.91 Å². The molecule has 8 heteroatoms. The van der Waals surface area contributed by atoms with E-state index in [4.69, 9.17) is 11.6 Å². The van der Waals surface area contributed by atoms with Crippen LogP contribution < -0.4 is 10.9 Å². The zero-order valence-corrected chi connectivity index (χ0v) is 14.7. The second-order valence-electron chi connectivity index (χ2n) is 5.70. The van der Waals surface area contributed by atoms with Gasteiger partial charge in [-0.2, -0.15) is 5.10 Å². The van der Waals surface area contributed by atoms with Crippen molar-refractivity contribution in [3.63, 3.8) is 0 Å². The highest BCUT2D eigenvalue weighted by Gasteiger charge is 2.12. The molecule has 1 amide bonds. The third kappa shape index (κ3) is 4.57. The minimum absolute atomic E-state index is 0.249. The molecule has 3 rings (SSSR count). The van der Waals surface area contributed by atoms with Crippen LogP contribution in [0.5, 0.6) is 0 Å². The minimum Gasteiger partial charge on any atom is -0.350 e. The molecule has 0 radical (unpaired) electrons. The summed E-state index contributed by atoms with van der Waals surface area (Å²) >= 11 is 5.85. The van der Waals surface area contributed by atoms with E-state index in [-0.39, 0.29) is 18.7 Å². The Bertz CT molecular complexity index is 1020. The first kappa shape index (κ1) is 18.7. The summed E-state index contributed by atoms with van der Waals surface area (Å²) in [6.45, 7) is -0.709. The van der Waals surface area contributed by atoms with Gasteiger partial charge in [-0.25, -0.2) is 13.5 Å². The molecule has 2 aromatic carbocycles. The van der Waals surface area contributed by atoms with E-state index in [1.165, 1.54) is 18.2 Å². The van der Waals surface area contributed by atoms with Crippen molar-refractivity contribution in [2.45, 2.75) is 13.1 Å². The number of rotatable bonds is 5. The van der Waals surface area contributed by atoms with E-state index in [0.717, 1.165) is 22.4 Å². The standard InChI is InChI=1S/C19H14ClF2N3O2/c20-13-6-4-12(5-7-13)17-8-9-19(27)25(24-17)11-18(26)23-10-14-15(21)2-1-3-16(14)22/h1-9H,10-11H2,(H,23,26). The summed E-state index contributed by atoms with van der Waals surface area (Å²) in [5.74, 6) is -2.11. The number of nitrogens with zero attached hydrogens (tertiary/aromatic N) is 2. The monoisotopic (exact) mass is 389 g/mol. The average Bonchev–Trinajstić information content (AvgIpc) is 2.64. The van der Waals surface area contributed by atoms with E-state index in [1.807, 2.05) is 0 Å². The Morgan fingerprint density at radius 2 is 1.70 bits per heavy atom. The maximum Gasteiger partial charge on any atom is 0.267 e. The molecule has 3 aromatic rings. The van der Waals surface area contributed by atoms with Gasteiger partial charge in [0.15, 0.2) is 0 Å². The van der Waals surface area contributed by atoms with Gasteiger partial charge in [-0.3, -0.25) is 9.59 Å². The Kier molecular flexibility index (Phi) is 5.61. The largest absolute Gasteiger partial charge is 0.350 e. The van der Waals surface area contributed by atoms with Gasteiger partial charge in [0, 0.05) is 28.8 Å². The van der Waals surface area contributed by atoms with E-state index in [1.54, 1.807) is 24.3 Å². The maximum atomic E-state index is 13.6. The van der Waals surface area contributed by atoms with Crippen LogP contribution in [-0.2, 0) is 17.9 Å². The number of nitrogens with one attached hydrogen (secondary N) is 1. The van der Waals surface area contributed by atoms with Crippen LogP contribution in [0.4, 0.5) is 8.78 Å². The number of aromatic nitrogens is 2. The molecule has 0 aliphatic carbocycles. The van der Waals surface area contributed by atoms with Gasteiger partial charge in [0.05, 0.1) is 5.69 Å². The highest BCUT2D eigenvalue weighted by Crippen LogP contribution is 2.18. The quantitative estimate of drug-likeness (QED) is 0.729. The van der Waals surface area contributed by atoms with E-state index >= 15 is 0 Å². The van der Waals surface area contributed by atoms with E-state index in [2.05, 4.69) is 10.4 Å². The zero-order valence-electron chi connectivity index (χ0n) is 14.0. The van der Waals surface area contributed by atoms with Gasteiger partial charge in [-0.05, 0) is 30.3 Å². The summed E-state index contributed by atoms with van der Waals surface area (Å²) in [4.78, 5) is 24.0. The van der Waals surface area contributed by atoms with Gasteiger partial charge in [0.25, 0.3) is 5.56 Å². The Morgan fingerprint density at radius 1 is 1.04 bits per heavy atom. The highest BCUT2D eigenvalue weighted by atomic mass is 35.5. The molecule has 0 unspecified atom stereocenters. The van der Waals surface area contributed by atoms with Gasteiger partial charge in [-0.1, -0.05) is 29.8 Å². The summed E-state index contributed by atoms with van der Waals surface area (Å²) in [5, 5.41) is 7.10. The Morgan fingerprint density at radius 3 is 2.37 bits per heavy atom. The average molecular weight is 390 g/mol. The van der Waals surface area contributed by atoms with Crippen LogP contribution in [0.25, 0.3) is 11.3 Å². The maximum absolute atomic E-state index is 13.6. The lowest BCUT2D eigenvalue weighted by molar-refractivity contribution is -0.122. The molecule has 138 valence electrons. The van der Waals surface area contributed by atoms with Crippen LogP contribution in [-0.4, -0.2) is 15.7 Å². The number of hydrogen-bond acceptors (Lipinski definition) is 3. The Balaban J connectivity index is 1.73. The normalized spacial score (nSPS) is 10.6. The third-order valence-electron chi connectivity index (χ3n) is 3.82. The molecule has 0 atom stereocenters. The molecule has 0 bridgehead atoms. The molecule has 0 saturated heterocycles. The Labute approximate surface area is 158 Å². The molecule has 0 saturated carbocycles. The van der Waals surface area contributed by atoms with E-state index in [9.17, 15) is 18.4 Å². The smallest absolute Gasteiger partial charge is 0.267 e. The highest BCUT2D eigenvalue weighted by molar-refractivity contribution is 6.30. The lowest BCUT2D eigenvalue weighted by Crippen LogP contribution is -2.33. The van der Waals surface area contributed by atoms with Gasteiger partial charge in [0.1, 0.15) is 18.2 Å². The van der Waals surface area contributed by atoms with Gasteiger partial charge in [-0.15, -0.1) is 0 Å². The SMILES string of the molecule is O=C(Cn1nc(-c2ccc(Cl)cc2)ccc1=O)NCc1c(F)cccc1F. The van der Waals surface area contributed by atoms with Crippen LogP contribution >= 0.6 is 11.6 Å². The Hall–Kier alpha value is -3.06. The van der Waals surface area contributed by atoms with Crippen molar-refractivity contribution in [2.75, 3.05) is 0 Å². The molecule has 1 aromatic heterocycles. The fraction of sp³-hybridized carbons (Fsp3) is 0.105. The van der Waals surface area contributed by atoms with Gasteiger partial charge < -0.3 is 5.32 Å². The van der Waals surface area contributed by atoms with Crippen LogP contribution in [0, 0.1) is 11.6 Å². The first-order chi connectivity index (χ1) is 12.9. The van der Waals surface area contributed by atoms with E-state index in [0.29, 0.717) is 10.7 Å². The predicted octanol–water partition coefficient (Wildman–Crippen LogP) is 3.16. The van der Waals surface area contributed by atoms with Crippen molar-refractivity contribution in [1.29, 1.82) is 0 Å². The zero-order chi connectivity index (χ0) is 19.4. The summed E-state index contributed by atoms with van der Waals surface area (Å²) in [6.07, 6.45) is 0. The molecule has 5 nitrogen and oxygen atoms in total. The predicted molar refractivity (Wildman–Crippen MR) is 97.1 cm³/mol. The van der Waals surface area contributed by atoms with Crippen molar-refractivity contribution in [3.8, 4) is 11.3 Å². The van der Waals surface area contributed by atoms with Crippen LogP contribution in [0.3, 0.4) is 0 Å². The van der Waals surface area contributed by atoms with Crippen molar-refractivity contribution in [1.82, 2.24) is 15.1 Å². The lowest BCUT2D eigenvalue weighted by Gasteiger charge is -2.09. The molecular weight excluding hydrogens is 376 g/mol. The first-order valence-electron chi connectivity index (χ1n) is 7.98. The molecule has 27 heavy (non-hydrogen) atoms. The van der Waals surface area contributed by atoms with Crippen molar-refractivity contribution >= 4 is 17.5 Å². The molecule has 0 aliphatic rings. The van der Waals surface area contributed by atoms with Crippen LogP contribution in [0.15, 0.2) is 59.4 Å². The molecule has 0 fully saturated rings. The second kappa shape index (κ2) is 8.09. The van der Waals surface area contributed by atoms with Crippen molar-refractivity contribution < 1.29 is 13.6 Å². The fourth-order valence-electron chi connectivity index (χ4n) is 2.42. The molecular formula is C19H14ClF2N3O2. The number of amides is 1. The number of carbonyl (C=O) groups is 1. The number of halogens is 3. The molecule has 0 aliphatic heterocycles. The number of benzene rings is 2. The van der Waals surface area contributed by atoms with E-state index < -0.39 is 23.1 Å². The molecule has 1 heterocycles. The topological polar surface area (TPSA) is 64.0 Å². The number of carbonyl (C=O) groups excluding carboxylic acids is 1. The summed E-state index contributed by atoms with van der Waals surface area (Å²) in [7, 11) is 0.